The van der Waals surface area contributed by atoms with Gasteiger partial charge in [0.05, 0.1) is 79.3 Å². The lowest BCUT2D eigenvalue weighted by Crippen LogP contribution is -2.14. The molecule has 0 bridgehead atoms. The number of hydrogen-bond acceptors (Lipinski definition) is 7. The third-order valence-electron chi connectivity index (χ3n) is 5.32. The molecule has 0 aliphatic carbocycles. The molecule has 0 saturated heterocycles. The molecule has 0 amide bonds. The van der Waals surface area contributed by atoms with Gasteiger partial charge >= 0.3 is 0 Å². The van der Waals surface area contributed by atoms with Crippen LogP contribution in [0.15, 0.2) is 24.3 Å². The zero-order chi connectivity index (χ0) is 25.8. The zero-order valence-corrected chi connectivity index (χ0v) is 24.6. The number of rotatable bonds is 28. The van der Waals surface area contributed by atoms with Crippen molar-refractivity contribution in [3.8, 4) is 5.75 Å². The van der Waals surface area contributed by atoms with E-state index in [0.29, 0.717) is 79.3 Å². The Bertz CT molecular complexity index is 559. The molecule has 0 radical (unpaired) electrons. The van der Waals surface area contributed by atoms with E-state index in [4.69, 9.17) is 33.2 Å². The van der Waals surface area contributed by atoms with Gasteiger partial charge in [0.15, 0.2) is 0 Å². The molecule has 1 aromatic rings. The Balaban J connectivity index is 1.78. The molecule has 0 atom stereocenters. The van der Waals surface area contributed by atoms with Gasteiger partial charge in [-0.1, -0.05) is 73.8 Å². The second-order valence-corrected chi connectivity index (χ2v) is 9.45. The van der Waals surface area contributed by atoms with Gasteiger partial charge in [0.1, 0.15) is 12.4 Å². The zero-order valence-electron chi connectivity index (χ0n) is 22.4. The van der Waals surface area contributed by atoms with Crippen LogP contribution in [0.25, 0.3) is 0 Å². The topological polar surface area (TPSA) is 64.6 Å². The lowest BCUT2D eigenvalue weighted by atomic mass is 10.0. The number of aryl methyl sites for hydroxylation is 1. The van der Waals surface area contributed by atoms with Crippen LogP contribution in [0.3, 0.4) is 0 Å². The number of hydrogen-bond donors (Lipinski definition) is 0. The van der Waals surface area contributed by atoms with Crippen LogP contribution in [-0.2, 0) is 34.8 Å². The average molecular weight is 625 g/mol. The summed E-state index contributed by atoms with van der Waals surface area (Å²) in [5.41, 5.74) is 1.39. The van der Waals surface area contributed by atoms with E-state index in [9.17, 15) is 0 Å². The first-order valence-electron chi connectivity index (χ1n) is 13.6. The molecule has 210 valence electrons. The fourth-order valence-electron chi connectivity index (χ4n) is 3.34. The molecule has 0 aliphatic heterocycles. The summed E-state index contributed by atoms with van der Waals surface area (Å²) in [6.07, 6.45) is 9.15. The van der Waals surface area contributed by atoms with Crippen molar-refractivity contribution in [3.63, 3.8) is 0 Å². The maximum atomic E-state index is 5.75. The Morgan fingerprint density at radius 1 is 0.500 bits per heavy atom. The van der Waals surface area contributed by atoms with Gasteiger partial charge in [-0.2, -0.15) is 0 Å². The highest BCUT2D eigenvalue weighted by atomic mass is 127. The Kier molecular flexibility index (Phi) is 25.7. The van der Waals surface area contributed by atoms with E-state index in [1.54, 1.807) is 0 Å². The van der Waals surface area contributed by atoms with Gasteiger partial charge in [0.25, 0.3) is 0 Å². The second-order valence-electron chi connectivity index (χ2n) is 8.37. The highest BCUT2D eigenvalue weighted by molar-refractivity contribution is 14.1. The molecule has 0 spiro atoms. The number of alkyl halides is 1. The van der Waals surface area contributed by atoms with Crippen molar-refractivity contribution in [2.24, 2.45) is 0 Å². The Hall–Kier alpha value is -0.490. The number of halogens is 1. The van der Waals surface area contributed by atoms with Crippen LogP contribution in [0.5, 0.6) is 5.75 Å². The van der Waals surface area contributed by atoms with Crippen LogP contribution in [0.1, 0.15) is 51.0 Å². The molecule has 0 unspecified atom stereocenters. The fourth-order valence-corrected chi connectivity index (χ4v) is 3.65. The van der Waals surface area contributed by atoms with E-state index < -0.39 is 0 Å². The third kappa shape index (κ3) is 22.7. The quantitative estimate of drug-likeness (QED) is 0.0693. The predicted molar refractivity (Wildman–Crippen MR) is 153 cm³/mol. The Morgan fingerprint density at radius 2 is 0.917 bits per heavy atom. The third-order valence-corrected chi connectivity index (χ3v) is 5.76. The molecule has 36 heavy (non-hydrogen) atoms. The van der Waals surface area contributed by atoms with Gasteiger partial charge in [-0.25, -0.2) is 0 Å². The molecule has 1 aromatic carbocycles. The van der Waals surface area contributed by atoms with E-state index in [-0.39, 0.29) is 0 Å². The first kappa shape index (κ1) is 33.5. The van der Waals surface area contributed by atoms with Gasteiger partial charge in [0, 0.05) is 4.43 Å². The summed E-state index contributed by atoms with van der Waals surface area (Å²) in [5.74, 6) is 0.895. The monoisotopic (exact) mass is 624 g/mol. The molecular weight excluding hydrogens is 575 g/mol. The molecule has 0 N–H and O–H groups in total. The second kappa shape index (κ2) is 27.5. The molecule has 0 fully saturated rings. The number of unbranched alkanes of at least 4 members (excludes halogenated alkanes) is 5. The maximum Gasteiger partial charge on any atom is 0.119 e. The maximum absolute atomic E-state index is 5.75. The summed E-state index contributed by atoms with van der Waals surface area (Å²) in [7, 11) is 0. The lowest BCUT2D eigenvalue weighted by molar-refractivity contribution is -0.0171. The number of benzene rings is 1. The van der Waals surface area contributed by atoms with Gasteiger partial charge < -0.3 is 33.2 Å². The van der Waals surface area contributed by atoms with E-state index in [1.807, 2.05) is 0 Å². The summed E-state index contributed by atoms with van der Waals surface area (Å²) in [4.78, 5) is 0. The minimum Gasteiger partial charge on any atom is -0.491 e. The summed E-state index contributed by atoms with van der Waals surface area (Å²) in [6.45, 7) is 9.81. The van der Waals surface area contributed by atoms with Crippen molar-refractivity contribution in [2.45, 2.75) is 51.9 Å². The summed E-state index contributed by atoms with van der Waals surface area (Å²) in [6, 6.07) is 8.45. The van der Waals surface area contributed by atoms with Gasteiger partial charge in [0.2, 0.25) is 0 Å². The molecule has 0 aromatic heterocycles. The largest absolute Gasteiger partial charge is 0.491 e. The van der Waals surface area contributed by atoms with Crippen molar-refractivity contribution in [2.75, 3.05) is 90.3 Å². The summed E-state index contributed by atoms with van der Waals surface area (Å²) < 4.78 is 39.5. The van der Waals surface area contributed by atoms with E-state index in [1.165, 1.54) is 44.1 Å². The summed E-state index contributed by atoms with van der Waals surface area (Å²) >= 11 is 2.28. The van der Waals surface area contributed by atoms with Crippen molar-refractivity contribution < 1.29 is 33.2 Å². The van der Waals surface area contributed by atoms with E-state index >= 15 is 0 Å². The van der Waals surface area contributed by atoms with Crippen LogP contribution in [0.2, 0.25) is 0 Å². The van der Waals surface area contributed by atoms with Crippen LogP contribution in [0.4, 0.5) is 0 Å². The predicted octanol–water partition coefficient (Wildman–Crippen LogP) is 5.50. The van der Waals surface area contributed by atoms with Crippen molar-refractivity contribution in [1.82, 2.24) is 0 Å². The van der Waals surface area contributed by atoms with Crippen molar-refractivity contribution >= 4 is 22.6 Å². The SMILES string of the molecule is CCCCCCCCc1ccc(OCCOCCOCCOCCOCCOCCOCCI)cc1. The Morgan fingerprint density at radius 3 is 1.39 bits per heavy atom. The smallest absolute Gasteiger partial charge is 0.119 e. The van der Waals surface area contributed by atoms with Crippen molar-refractivity contribution in [3.05, 3.63) is 29.8 Å². The minimum atomic E-state index is 0.539. The molecular formula is C28H49IO7. The van der Waals surface area contributed by atoms with Crippen LogP contribution < -0.4 is 4.74 Å². The van der Waals surface area contributed by atoms with E-state index in [0.717, 1.165) is 23.2 Å². The van der Waals surface area contributed by atoms with E-state index in [2.05, 4.69) is 53.8 Å². The molecule has 0 saturated carbocycles. The number of ether oxygens (including phenoxy) is 7. The Labute approximate surface area is 233 Å². The van der Waals surface area contributed by atoms with Crippen LogP contribution in [-0.4, -0.2) is 90.3 Å². The standard InChI is InChI=1S/C28H49IO7/c1-2-3-4-5-6-7-8-27-9-11-28(12-10-27)36-26-25-35-24-23-34-22-21-33-20-19-32-18-17-31-16-15-30-14-13-29/h9-12H,2-8,13-26H2,1H3. The highest BCUT2D eigenvalue weighted by Crippen LogP contribution is 2.15. The first-order chi connectivity index (χ1) is 17.9. The first-order valence-corrected chi connectivity index (χ1v) is 15.1. The van der Waals surface area contributed by atoms with Crippen molar-refractivity contribution in [1.29, 1.82) is 0 Å². The van der Waals surface area contributed by atoms with Crippen LogP contribution >= 0.6 is 22.6 Å². The summed E-state index contributed by atoms with van der Waals surface area (Å²) in [5, 5.41) is 0. The minimum absolute atomic E-state index is 0.539. The van der Waals surface area contributed by atoms with Gasteiger partial charge in [-0.3, -0.25) is 0 Å². The van der Waals surface area contributed by atoms with Gasteiger partial charge in [-0.05, 0) is 30.5 Å². The van der Waals surface area contributed by atoms with Gasteiger partial charge in [-0.15, -0.1) is 0 Å². The average Bonchev–Trinajstić information content (AvgIpc) is 2.90. The molecule has 7 nitrogen and oxygen atoms in total. The molecule has 0 heterocycles. The fraction of sp³-hybridized carbons (Fsp3) is 0.786. The normalized spacial score (nSPS) is 11.3. The molecule has 0 aliphatic rings. The lowest BCUT2D eigenvalue weighted by Gasteiger charge is -2.09. The molecule has 1 rings (SSSR count). The highest BCUT2D eigenvalue weighted by Gasteiger charge is 1.98. The van der Waals surface area contributed by atoms with Crippen LogP contribution in [0, 0.1) is 0 Å². The molecule has 8 heteroatoms.